The van der Waals surface area contributed by atoms with Crippen molar-refractivity contribution < 1.29 is 38.9 Å². The molecule has 10 nitrogen and oxygen atoms in total. The summed E-state index contributed by atoms with van der Waals surface area (Å²) in [6.45, 7) is 0.484. The fraction of sp³-hybridized carbons (Fsp3) is 0.304. The van der Waals surface area contributed by atoms with Crippen LogP contribution >= 0.6 is 0 Å². The summed E-state index contributed by atoms with van der Waals surface area (Å²) in [7, 11) is 0. The van der Waals surface area contributed by atoms with Crippen molar-refractivity contribution in [1.82, 2.24) is 10.6 Å². The first-order valence-electron chi connectivity index (χ1n) is 10.3. The van der Waals surface area contributed by atoms with Gasteiger partial charge in [-0.3, -0.25) is 10.1 Å². The van der Waals surface area contributed by atoms with Gasteiger partial charge in [-0.15, -0.1) is 0 Å². The summed E-state index contributed by atoms with van der Waals surface area (Å²) < 4.78 is 10.1. The zero-order valence-electron chi connectivity index (χ0n) is 17.8. The lowest BCUT2D eigenvalue weighted by atomic mass is 9.98. The van der Waals surface area contributed by atoms with Crippen LogP contribution in [0.5, 0.6) is 0 Å². The molecule has 2 aromatic carbocycles. The van der Waals surface area contributed by atoms with Crippen LogP contribution in [-0.4, -0.2) is 66.1 Å². The molecule has 0 aromatic heterocycles. The average Bonchev–Trinajstić information content (AvgIpc) is 3.13. The molecule has 174 valence electrons. The predicted octanol–water partition coefficient (Wildman–Crippen LogP) is 1.02. The molecule has 4 N–H and O–H groups in total. The summed E-state index contributed by atoms with van der Waals surface area (Å²) in [5.74, 6) is -3.98. The fourth-order valence-corrected chi connectivity index (χ4v) is 3.66. The van der Waals surface area contributed by atoms with E-state index in [4.69, 9.17) is 19.7 Å². The number of hydrogen-bond donors (Lipinski definition) is 4. The molecule has 2 amide bonds. The number of fused-ring (bicyclic) bond motifs is 3. The number of aliphatic hydroxyl groups is 1. The topological polar surface area (TPSA) is 151 Å². The van der Waals surface area contributed by atoms with Crippen LogP contribution in [0.2, 0.25) is 0 Å². The first-order chi connectivity index (χ1) is 15.9. The van der Waals surface area contributed by atoms with Gasteiger partial charge in [-0.25, -0.2) is 14.4 Å². The number of rotatable bonds is 9. The molecule has 10 heteroatoms. The number of carboxylic acid groups (broad SMARTS) is 1. The van der Waals surface area contributed by atoms with Crippen molar-refractivity contribution in [3.05, 3.63) is 59.7 Å². The molecule has 0 saturated heterocycles. The Morgan fingerprint density at radius 2 is 1.52 bits per heavy atom. The summed E-state index contributed by atoms with van der Waals surface area (Å²) in [4.78, 5) is 48.1. The van der Waals surface area contributed by atoms with E-state index in [9.17, 15) is 19.2 Å². The molecule has 2 aromatic rings. The number of carboxylic acids is 1. The van der Waals surface area contributed by atoms with Crippen LogP contribution in [0.4, 0.5) is 4.79 Å². The minimum absolute atomic E-state index is 0.0502. The molecular weight excluding hydrogens is 432 g/mol. The van der Waals surface area contributed by atoms with Gasteiger partial charge in [0.2, 0.25) is 6.04 Å². The molecule has 1 aliphatic rings. The van der Waals surface area contributed by atoms with Gasteiger partial charge in [0, 0.05) is 5.92 Å². The second-order valence-electron chi connectivity index (χ2n) is 7.24. The van der Waals surface area contributed by atoms with Crippen molar-refractivity contribution >= 4 is 23.9 Å². The third kappa shape index (κ3) is 5.29. The number of hydrogen-bond acceptors (Lipinski definition) is 7. The lowest BCUT2D eigenvalue weighted by Gasteiger charge is -2.20. The second kappa shape index (κ2) is 10.6. The normalized spacial score (nSPS) is 13.8. The summed E-state index contributed by atoms with van der Waals surface area (Å²) in [5.41, 5.74) is 4.04. The first kappa shape index (κ1) is 23.7. The maximum Gasteiger partial charge on any atom is 0.408 e. The Morgan fingerprint density at radius 3 is 2.03 bits per heavy atom. The number of alkyl carbamates (subject to hydrolysis) is 1. The molecule has 0 spiro atoms. The van der Waals surface area contributed by atoms with Crippen LogP contribution in [0.25, 0.3) is 11.1 Å². The Labute approximate surface area is 189 Å². The Hall–Kier alpha value is -3.92. The Bertz CT molecular complexity index is 1010. The van der Waals surface area contributed by atoms with Crippen molar-refractivity contribution in [2.24, 2.45) is 0 Å². The van der Waals surface area contributed by atoms with Gasteiger partial charge in [-0.1, -0.05) is 48.5 Å². The van der Waals surface area contributed by atoms with Gasteiger partial charge in [0.15, 0.2) is 0 Å². The van der Waals surface area contributed by atoms with Crippen LogP contribution in [0.15, 0.2) is 48.5 Å². The smallest absolute Gasteiger partial charge is 0.408 e. The van der Waals surface area contributed by atoms with Crippen molar-refractivity contribution in [2.75, 3.05) is 19.8 Å². The SMILES string of the molecule is CCOC(=O)C(NC(=O)OCC1c2ccccc2-c2ccccc21)C(=O)NC(CO)C(=O)O. The highest BCUT2D eigenvalue weighted by molar-refractivity contribution is 6.05. The van der Waals surface area contributed by atoms with Gasteiger partial charge >= 0.3 is 18.0 Å². The monoisotopic (exact) mass is 456 g/mol. The van der Waals surface area contributed by atoms with E-state index < -0.39 is 42.6 Å². The van der Waals surface area contributed by atoms with Crippen molar-refractivity contribution in [2.45, 2.75) is 24.9 Å². The number of ether oxygens (including phenoxy) is 2. The van der Waals surface area contributed by atoms with Crippen molar-refractivity contribution in [1.29, 1.82) is 0 Å². The largest absolute Gasteiger partial charge is 0.480 e. The maximum absolute atomic E-state index is 12.4. The van der Waals surface area contributed by atoms with E-state index in [1.54, 1.807) is 0 Å². The van der Waals surface area contributed by atoms with Gasteiger partial charge in [0.25, 0.3) is 5.91 Å². The maximum atomic E-state index is 12.4. The molecule has 0 fully saturated rings. The molecule has 0 saturated carbocycles. The lowest BCUT2D eigenvalue weighted by Crippen LogP contribution is -2.56. The number of aliphatic hydroxyl groups excluding tert-OH is 1. The fourth-order valence-electron chi connectivity index (χ4n) is 3.66. The van der Waals surface area contributed by atoms with E-state index in [1.165, 1.54) is 6.92 Å². The zero-order chi connectivity index (χ0) is 24.0. The molecule has 2 unspecified atom stereocenters. The van der Waals surface area contributed by atoms with Crippen molar-refractivity contribution in [3.63, 3.8) is 0 Å². The van der Waals surface area contributed by atoms with Crippen LogP contribution in [0, 0.1) is 0 Å². The van der Waals surface area contributed by atoms with E-state index in [0.29, 0.717) is 0 Å². The van der Waals surface area contributed by atoms with E-state index in [0.717, 1.165) is 22.3 Å². The number of carbonyl (C=O) groups is 4. The van der Waals surface area contributed by atoms with Gasteiger partial charge in [-0.05, 0) is 29.2 Å². The van der Waals surface area contributed by atoms with E-state index >= 15 is 0 Å². The van der Waals surface area contributed by atoms with Crippen LogP contribution in [0.1, 0.15) is 24.0 Å². The first-order valence-corrected chi connectivity index (χ1v) is 10.3. The Balaban J connectivity index is 1.70. The van der Waals surface area contributed by atoms with Crippen molar-refractivity contribution in [3.8, 4) is 11.1 Å². The summed E-state index contributed by atoms with van der Waals surface area (Å²) >= 11 is 0. The van der Waals surface area contributed by atoms with Crippen LogP contribution < -0.4 is 10.6 Å². The average molecular weight is 456 g/mol. The number of benzene rings is 2. The minimum atomic E-state index is -1.85. The predicted molar refractivity (Wildman–Crippen MR) is 115 cm³/mol. The number of nitrogens with one attached hydrogen (secondary N) is 2. The van der Waals surface area contributed by atoms with Crippen LogP contribution in [0.3, 0.4) is 0 Å². The molecule has 0 radical (unpaired) electrons. The molecule has 0 heterocycles. The highest BCUT2D eigenvalue weighted by Gasteiger charge is 2.34. The number of carbonyl (C=O) groups excluding carboxylic acids is 3. The highest BCUT2D eigenvalue weighted by atomic mass is 16.6. The van der Waals surface area contributed by atoms with Crippen LogP contribution in [-0.2, 0) is 23.9 Å². The third-order valence-corrected chi connectivity index (χ3v) is 5.19. The number of aliphatic carboxylic acids is 1. The summed E-state index contributed by atoms with van der Waals surface area (Å²) in [6, 6.07) is 12.0. The number of amides is 2. The molecule has 0 aliphatic heterocycles. The molecule has 33 heavy (non-hydrogen) atoms. The second-order valence-corrected chi connectivity index (χ2v) is 7.24. The van der Waals surface area contributed by atoms with E-state index in [2.05, 4.69) is 5.32 Å². The quantitative estimate of drug-likeness (QED) is 0.322. The summed E-state index contributed by atoms with van der Waals surface area (Å²) in [6.07, 6.45) is -1.05. The lowest BCUT2D eigenvalue weighted by molar-refractivity contribution is -0.151. The van der Waals surface area contributed by atoms with Gasteiger partial charge in [-0.2, -0.15) is 0 Å². The highest BCUT2D eigenvalue weighted by Crippen LogP contribution is 2.44. The van der Waals surface area contributed by atoms with Gasteiger partial charge < -0.3 is 25.0 Å². The van der Waals surface area contributed by atoms with Gasteiger partial charge in [0.05, 0.1) is 13.2 Å². The summed E-state index contributed by atoms with van der Waals surface area (Å²) in [5, 5.41) is 22.2. The Kier molecular flexibility index (Phi) is 7.62. The van der Waals surface area contributed by atoms with E-state index in [1.807, 2.05) is 53.8 Å². The Morgan fingerprint density at radius 1 is 0.939 bits per heavy atom. The standard InChI is InChI=1S/C23H24N2O8/c1-2-32-22(30)19(20(27)24-18(11-26)21(28)29)25-23(31)33-12-17-15-9-5-3-7-13(15)14-8-4-6-10-16(14)17/h3-10,17-19,26H,2,11-12H2,1H3,(H,24,27)(H,25,31)(H,28,29). The number of esters is 1. The molecule has 0 bridgehead atoms. The third-order valence-electron chi connectivity index (χ3n) is 5.19. The minimum Gasteiger partial charge on any atom is -0.480 e. The molecular formula is C23H24N2O8. The molecule has 1 aliphatic carbocycles. The molecule has 2 atom stereocenters. The van der Waals surface area contributed by atoms with Gasteiger partial charge in [0.1, 0.15) is 12.6 Å². The molecule has 3 rings (SSSR count). The van der Waals surface area contributed by atoms with E-state index in [-0.39, 0.29) is 19.1 Å². The zero-order valence-corrected chi connectivity index (χ0v) is 17.8.